The van der Waals surface area contributed by atoms with E-state index in [1.165, 1.54) is 11.3 Å². The van der Waals surface area contributed by atoms with Crippen LogP contribution in [0.25, 0.3) is 22.4 Å². The van der Waals surface area contributed by atoms with Gasteiger partial charge in [-0.3, -0.25) is 0 Å². The number of nitrogens with zero attached hydrogens (tertiary/aromatic N) is 4. The highest BCUT2D eigenvalue weighted by Gasteiger charge is 2.27. The molecule has 1 saturated heterocycles. The highest BCUT2D eigenvalue weighted by atomic mass is 16.5. The third-order valence-electron chi connectivity index (χ3n) is 7.46. The van der Waals surface area contributed by atoms with Gasteiger partial charge in [-0.15, -0.1) is 5.10 Å². The van der Waals surface area contributed by atoms with Crippen LogP contribution in [0.4, 0.5) is 5.69 Å². The summed E-state index contributed by atoms with van der Waals surface area (Å²) in [6.07, 6.45) is 4.67. The fourth-order valence-electron chi connectivity index (χ4n) is 5.27. The molecule has 0 aliphatic carbocycles. The van der Waals surface area contributed by atoms with E-state index < -0.39 is 0 Å². The highest BCUT2D eigenvalue weighted by Crippen LogP contribution is 2.38. The number of fused-ring (bicyclic) bond motifs is 2. The van der Waals surface area contributed by atoms with Crippen LogP contribution >= 0.6 is 0 Å². The maximum Gasteiger partial charge on any atom is 0.214 e. The normalized spacial score (nSPS) is 17.1. The Bertz CT molecular complexity index is 1490. The van der Waals surface area contributed by atoms with Crippen molar-refractivity contribution in [3.63, 3.8) is 0 Å². The molecule has 0 saturated carbocycles. The number of methoxy groups -OCH3 is 2. The molecule has 2 aliphatic rings. The summed E-state index contributed by atoms with van der Waals surface area (Å²) in [5.41, 5.74) is 4.16. The van der Waals surface area contributed by atoms with E-state index >= 15 is 0 Å². The SMILES string of the molecule is COC1=Nn2cc(-c3cc4c(OC[C@@H]5CCCN5c5ccc(C(C)(C)C)cc5)cc(OC)cc4o3)nc2C1. The smallest absolute Gasteiger partial charge is 0.214 e. The van der Waals surface area contributed by atoms with Crippen molar-refractivity contribution in [3.8, 4) is 23.0 Å². The first kappa shape index (κ1) is 24.4. The number of rotatable bonds is 6. The maximum atomic E-state index is 6.47. The molecular formula is C30H34N4O4. The minimum absolute atomic E-state index is 0.143. The van der Waals surface area contributed by atoms with Gasteiger partial charge in [-0.05, 0) is 42.0 Å². The third kappa shape index (κ3) is 4.48. The van der Waals surface area contributed by atoms with E-state index in [2.05, 4.69) is 55.0 Å². The number of benzene rings is 2. The molecule has 38 heavy (non-hydrogen) atoms. The average molecular weight is 515 g/mol. The van der Waals surface area contributed by atoms with Crippen molar-refractivity contribution in [1.29, 1.82) is 0 Å². The summed E-state index contributed by atoms with van der Waals surface area (Å²) < 4.78 is 25.2. The zero-order chi connectivity index (χ0) is 26.4. The Kier molecular flexibility index (Phi) is 6.05. The molecule has 2 aromatic carbocycles. The van der Waals surface area contributed by atoms with Gasteiger partial charge in [0.1, 0.15) is 35.2 Å². The molecule has 0 spiro atoms. The Hall–Kier alpha value is -3.94. The Balaban J connectivity index is 1.24. The van der Waals surface area contributed by atoms with Crippen LogP contribution in [-0.2, 0) is 16.6 Å². The van der Waals surface area contributed by atoms with Gasteiger partial charge < -0.3 is 23.5 Å². The predicted octanol–water partition coefficient (Wildman–Crippen LogP) is 6.01. The van der Waals surface area contributed by atoms with Crippen molar-refractivity contribution < 1.29 is 18.6 Å². The second kappa shape index (κ2) is 9.42. The molecule has 0 N–H and O–H groups in total. The van der Waals surface area contributed by atoms with Gasteiger partial charge >= 0.3 is 0 Å². The number of imidazole rings is 1. The number of ether oxygens (including phenoxy) is 3. The number of anilines is 1. The fourth-order valence-corrected chi connectivity index (χ4v) is 5.27. The van der Waals surface area contributed by atoms with E-state index in [-0.39, 0.29) is 5.41 Å². The summed E-state index contributed by atoms with van der Waals surface area (Å²) in [5.74, 6) is 3.57. The molecule has 6 rings (SSSR count). The molecule has 2 aromatic heterocycles. The van der Waals surface area contributed by atoms with Gasteiger partial charge in [0.15, 0.2) is 5.76 Å². The molecule has 0 radical (unpaired) electrons. The third-order valence-corrected chi connectivity index (χ3v) is 7.46. The molecule has 8 nitrogen and oxygen atoms in total. The van der Waals surface area contributed by atoms with Crippen molar-refractivity contribution in [3.05, 3.63) is 60.0 Å². The van der Waals surface area contributed by atoms with Gasteiger partial charge in [0.05, 0.1) is 38.3 Å². The second-order valence-corrected chi connectivity index (χ2v) is 11.0. The molecule has 1 atom stereocenters. The molecule has 8 heteroatoms. The Morgan fingerprint density at radius 1 is 1.05 bits per heavy atom. The Morgan fingerprint density at radius 3 is 2.58 bits per heavy atom. The molecule has 0 amide bonds. The molecule has 4 aromatic rings. The van der Waals surface area contributed by atoms with Crippen molar-refractivity contribution in [2.24, 2.45) is 5.10 Å². The summed E-state index contributed by atoms with van der Waals surface area (Å²) in [5, 5.41) is 5.29. The first-order chi connectivity index (χ1) is 18.3. The second-order valence-electron chi connectivity index (χ2n) is 11.0. The zero-order valence-electron chi connectivity index (χ0n) is 22.7. The summed E-state index contributed by atoms with van der Waals surface area (Å²) in [4.78, 5) is 7.16. The van der Waals surface area contributed by atoms with E-state index in [1.807, 2.05) is 24.4 Å². The van der Waals surface area contributed by atoms with Crippen molar-refractivity contribution in [2.75, 3.05) is 32.3 Å². The van der Waals surface area contributed by atoms with Crippen LogP contribution in [0.2, 0.25) is 0 Å². The number of furan rings is 1. The van der Waals surface area contributed by atoms with Crippen LogP contribution < -0.4 is 14.4 Å². The predicted molar refractivity (Wildman–Crippen MR) is 149 cm³/mol. The summed E-state index contributed by atoms with van der Waals surface area (Å²) in [7, 11) is 3.27. The van der Waals surface area contributed by atoms with Gasteiger partial charge in [-0.1, -0.05) is 32.9 Å². The van der Waals surface area contributed by atoms with Crippen LogP contribution in [0.15, 0.2) is 58.2 Å². The quantitative estimate of drug-likeness (QED) is 0.314. The first-order valence-electron chi connectivity index (χ1n) is 13.1. The van der Waals surface area contributed by atoms with E-state index in [0.29, 0.717) is 42.1 Å². The van der Waals surface area contributed by atoms with E-state index in [9.17, 15) is 0 Å². The van der Waals surface area contributed by atoms with Crippen molar-refractivity contribution in [2.45, 2.75) is 51.5 Å². The van der Waals surface area contributed by atoms with Crippen LogP contribution in [0.5, 0.6) is 11.5 Å². The lowest BCUT2D eigenvalue weighted by Crippen LogP contribution is -2.34. The molecule has 2 aliphatic heterocycles. The first-order valence-corrected chi connectivity index (χ1v) is 13.1. The molecule has 1 fully saturated rings. The largest absolute Gasteiger partial charge is 0.496 e. The van der Waals surface area contributed by atoms with Crippen LogP contribution in [-0.4, -0.2) is 49.0 Å². The number of aromatic nitrogens is 2. The minimum Gasteiger partial charge on any atom is -0.496 e. The van der Waals surface area contributed by atoms with Crippen LogP contribution in [0.1, 0.15) is 45.0 Å². The molecule has 0 bridgehead atoms. The summed E-state index contributed by atoms with van der Waals surface area (Å²) >= 11 is 0. The molecule has 0 unspecified atom stereocenters. The van der Waals surface area contributed by atoms with Gasteiger partial charge in [0.2, 0.25) is 5.90 Å². The summed E-state index contributed by atoms with van der Waals surface area (Å²) in [6, 6.07) is 15.1. The highest BCUT2D eigenvalue weighted by molar-refractivity contribution is 5.89. The molecule has 198 valence electrons. The molecule has 4 heterocycles. The zero-order valence-corrected chi connectivity index (χ0v) is 22.7. The molecular weight excluding hydrogens is 480 g/mol. The maximum absolute atomic E-state index is 6.47. The lowest BCUT2D eigenvalue weighted by molar-refractivity contribution is 0.290. The van der Waals surface area contributed by atoms with Crippen molar-refractivity contribution in [1.82, 2.24) is 9.66 Å². The number of hydrogen-bond donors (Lipinski definition) is 0. The van der Waals surface area contributed by atoms with Gasteiger partial charge in [-0.25, -0.2) is 9.66 Å². The summed E-state index contributed by atoms with van der Waals surface area (Å²) in [6.45, 7) is 8.35. The Morgan fingerprint density at radius 2 is 1.87 bits per heavy atom. The topological polar surface area (TPSA) is 74.2 Å². The Labute approximate surface area is 222 Å². The average Bonchev–Trinajstić information content (AvgIpc) is 3.68. The van der Waals surface area contributed by atoms with Gasteiger partial charge in [0, 0.05) is 24.4 Å². The lowest BCUT2D eigenvalue weighted by Gasteiger charge is -2.28. The van der Waals surface area contributed by atoms with Gasteiger partial charge in [-0.2, -0.15) is 0 Å². The van der Waals surface area contributed by atoms with E-state index in [0.717, 1.165) is 42.0 Å². The standard InChI is InChI=1S/C30H34N4O4/c1-30(2,3)19-8-10-20(11-9-19)33-12-6-7-21(33)18-37-25-13-22(35-4)14-26-23(25)15-27(38-26)24-17-34-28(31-24)16-29(32-34)36-5/h8-11,13-15,17,21H,6-7,12,16,18H2,1-5H3/t21-/m0/s1. The van der Waals surface area contributed by atoms with Crippen LogP contribution in [0, 0.1) is 0 Å². The van der Waals surface area contributed by atoms with E-state index in [1.54, 1.807) is 18.9 Å². The van der Waals surface area contributed by atoms with Crippen LogP contribution in [0.3, 0.4) is 0 Å². The van der Waals surface area contributed by atoms with Gasteiger partial charge in [0.25, 0.3) is 0 Å². The van der Waals surface area contributed by atoms with Crippen molar-refractivity contribution >= 4 is 22.6 Å². The van der Waals surface area contributed by atoms with E-state index in [4.69, 9.17) is 23.6 Å². The fraction of sp³-hybridized carbons (Fsp3) is 0.400. The lowest BCUT2D eigenvalue weighted by atomic mass is 9.87. The minimum atomic E-state index is 0.143. The monoisotopic (exact) mass is 514 g/mol. The number of hydrogen-bond acceptors (Lipinski definition) is 7.